The van der Waals surface area contributed by atoms with Crippen molar-refractivity contribution in [3.8, 4) is 0 Å². The van der Waals surface area contributed by atoms with Gasteiger partial charge < -0.3 is 11.1 Å². The summed E-state index contributed by atoms with van der Waals surface area (Å²) in [5.41, 5.74) is 5.87. The second-order valence-corrected chi connectivity index (χ2v) is 9.06. The number of amides is 1. The van der Waals surface area contributed by atoms with Crippen LogP contribution in [0.5, 0.6) is 0 Å². The topological polar surface area (TPSA) is 92.5 Å². The molecule has 1 amide bonds. The molecule has 2 aliphatic rings. The summed E-state index contributed by atoms with van der Waals surface area (Å²) < 4.78 is 25.8. The molecule has 9 heteroatoms. The second kappa shape index (κ2) is 9.32. The highest BCUT2D eigenvalue weighted by Crippen LogP contribution is 2.23. The normalized spacial score (nSPS) is 27.0. The molecule has 0 spiro atoms. The van der Waals surface area contributed by atoms with Crippen molar-refractivity contribution >= 4 is 40.1 Å². The van der Waals surface area contributed by atoms with Gasteiger partial charge in [-0.3, -0.25) is 4.79 Å². The zero-order valence-corrected chi connectivity index (χ0v) is 15.1. The molecule has 6 nitrogen and oxygen atoms in total. The molecule has 2 rings (SSSR count). The first-order valence-electron chi connectivity index (χ1n) is 7.58. The zero-order chi connectivity index (χ0) is 15.3. The van der Waals surface area contributed by atoms with E-state index in [1.165, 1.54) is 4.31 Å². The number of nitrogens with zero attached hydrogens (tertiary/aromatic N) is 1. The van der Waals surface area contributed by atoms with Gasteiger partial charge in [0.25, 0.3) is 0 Å². The lowest BCUT2D eigenvalue weighted by Crippen LogP contribution is -2.43. The lowest BCUT2D eigenvalue weighted by Gasteiger charge is -2.27. The number of hydrogen-bond donors (Lipinski definition) is 2. The third kappa shape index (κ3) is 5.88. The molecule has 1 heterocycles. The van der Waals surface area contributed by atoms with Gasteiger partial charge in [-0.25, -0.2) is 12.7 Å². The molecular weight excluding hydrogens is 346 g/mol. The number of thioether (sulfide) groups is 1. The highest BCUT2D eigenvalue weighted by molar-refractivity contribution is 7.99. The van der Waals surface area contributed by atoms with Crippen molar-refractivity contribution in [3.05, 3.63) is 0 Å². The van der Waals surface area contributed by atoms with Crippen LogP contribution in [-0.4, -0.2) is 61.6 Å². The predicted octanol–water partition coefficient (Wildman–Crippen LogP) is 0.421. The van der Waals surface area contributed by atoms with E-state index in [2.05, 4.69) is 5.32 Å². The van der Waals surface area contributed by atoms with Crippen LogP contribution in [0, 0.1) is 5.92 Å². The van der Waals surface area contributed by atoms with Crippen molar-refractivity contribution in [1.29, 1.82) is 0 Å². The van der Waals surface area contributed by atoms with E-state index in [9.17, 15) is 13.2 Å². The van der Waals surface area contributed by atoms with E-state index in [0.29, 0.717) is 19.5 Å². The van der Waals surface area contributed by atoms with Crippen LogP contribution < -0.4 is 11.1 Å². The molecule has 0 radical (unpaired) electrons. The van der Waals surface area contributed by atoms with Crippen molar-refractivity contribution in [3.63, 3.8) is 0 Å². The number of nitrogens with one attached hydrogen (secondary N) is 1. The number of halogens is 1. The molecule has 2 atom stereocenters. The summed E-state index contributed by atoms with van der Waals surface area (Å²) in [5, 5.41) is 2.76. The maximum absolute atomic E-state index is 12.1. The lowest BCUT2D eigenvalue weighted by atomic mass is 9.85. The minimum Gasteiger partial charge on any atom is -0.355 e. The molecule has 0 aromatic rings. The quantitative estimate of drug-likeness (QED) is 0.730. The van der Waals surface area contributed by atoms with Gasteiger partial charge in [0.15, 0.2) is 0 Å². The van der Waals surface area contributed by atoms with E-state index in [1.54, 1.807) is 11.8 Å². The molecule has 1 saturated heterocycles. The number of rotatable bonds is 5. The monoisotopic (exact) mass is 371 g/mol. The lowest BCUT2D eigenvalue weighted by molar-refractivity contribution is -0.125. The van der Waals surface area contributed by atoms with Crippen LogP contribution in [0.4, 0.5) is 0 Å². The van der Waals surface area contributed by atoms with Gasteiger partial charge in [0.1, 0.15) is 0 Å². The van der Waals surface area contributed by atoms with E-state index >= 15 is 0 Å². The zero-order valence-electron chi connectivity index (χ0n) is 12.7. The van der Waals surface area contributed by atoms with Crippen LogP contribution in [0.1, 0.15) is 25.7 Å². The molecule has 0 bridgehead atoms. The summed E-state index contributed by atoms with van der Waals surface area (Å²) >= 11 is 1.77. The second-order valence-electron chi connectivity index (χ2n) is 5.74. The van der Waals surface area contributed by atoms with Crippen LogP contribution in [-0.2, 0) is 14.8 Å². The van der Waals surface area contributed by atoms with E-state index in [0.717, 1.165) is 30.8 Å². The molecule has 22 heavy (non-hydrogen) atoms. The Hall–Kier alpha value is -0.0200. The summed E-state index contributed by atoms with van der Waals surface area (Å²) in [6.07, 6.45) is 3.52. The van der Waals surface area contributed by atoms with Crippen molar-refractivity contribution in [2.24, 2.45) is 11.7 Å². The van der Waals surface area contributed by atoms with E-state index in [-0.39, 0.29) is 42.6 Å². The fourth-order valence-corrected chi connectivity index (χ4v) is 5.36. The SMILES string of the molecule is Cl.NC1CCCC(C(=O)NCCS(=O)(=O)N2CCSCC2)C1. The van der Waals surface area contributed by atoms with Gasteiger partial charge in [-0.1, -0.05) is 6.42 Å². The Kier molecular flexibility index (Phi) is 8.48. The summed E-state index contributed by atoms with van der Waals surface area (Å²) in [4.78, 5) is 12.0. The van der Waals surface area contributed by atoms with Crippen molar-refractivity contribution in [2.75, 3.05) is 36.9 Å². The number of nitrogens with two attached hydrogens (primary N) is 1. The number of sulfonamides is 1. The number of hydrogen-bond acceptors (Lipinski definition) is 5. The molecule has 130 valence electrons. The molecule has 0 aromatic heterocycles. The first-order valence-corrected chi connectivity index (χ1v) is 10.3. The van der Waals surface area contributed by atoms with Crippen LogP contribution in [0.3, 0.4) is 0 Å². The maximum Gasteiger partial charge on any atom is 0.223 e. The Morgan fingerprint density at radius 2 is 1.95 bits per heavy atom. The van der Waals surface area contributed by atoms with E-state index in [4.69, 9.17) is 5.73 Å². The molecule has 1 saturated carbocycles. The van der Waals surface area contributed by atoms with Crippen molar-refractivity contribution in [2.45, 2.75) is 31.7 Å². The molecule has 2 fully saturated rings. The molecule has 1 aliphatic heterocycles. The average Bonchev–Trinajstić information content (AvgIpc) is 2.48. The Labute approximate surface area is 143 Å². The summed E-state index contributed by atoms with van der Waals surface area (Å²) in [6, 6.07) is 0.101. The standard InChI is InChI=1S/C13H25N3O3S2.ClH/c14-12-3-1-2-11(10-12)13(17)15-4-9-21(18,19)16-5-7-20-8-6-16;/h11-12H,1-10,14H2,(H,15,17);1H. The smallest absolute Gasteiger partial charge is 0.223 e. The van der Waals surface area contributed by atoms with Crippen LogP contribution >= 0.6 is 24.2 Å². The first-order chi connectivity index (χ1) is 9.99. The first kappa shape index (κ1) is 20.0. The molecule has 2 unspecified atom stereocenters. The molecule has 0 aromatic carbocycles. The summed E-state index contributed by atoms with van der Waals surface area (Å²) in [5.74, 6) is 1.59. The predicted molar refractivity (Wildman–Crippen MR) is 92.9 cm³/mol. The van der Waals surface area contributed by atoms with Gasteiger partial charge in [-0.05, 0) is 19.3 Å². The van der Waals surface area contributed by atoms with Gasteiger partial charge in [-0.15, -0.1) is 12.4 Å². The van der Waals surface area contributed by atoms with Gasteiger partial charge in [0.05, 0.1) is 5.75 Å². The number of carbonyl (C=O) groups is 1. The summed E-state index contributed by atoms with van der Waals surface area (Å²) in [7, 11) is -3.24. The van der Waals surface area contributed by atoms with Crippen LogP contribution in [0.15, 0.2) is 0 Å². The van der Waals surface area contributed by atoms with E-state index < -0.39 is 10.0 Å². The largest absolute Gasteiger partial charge is 0.355 e. The maximum atomic E-state index is 12.1. The van der Waals surface area contributed by atoms with Gasteiger partial charge in [0.2, 0.25) is 15.9 Å². The Balaban J connectivity index is 0.00000242. The Bertz CT molecular complexity index is 455. The minimum absolute atomic E-state index is 0. The summed E-state index contributed by atoms with van der Waals surface area (Å²) in [6.45, 7) is 1.35. The van der Waals surface area contributed by atoms with E-state index in [1.807, 2.05) is 0 Å². The van der Waals surface area contributed by atoms with Gasteiger partial charge >= 0.3 is 0 Å². The fraction of sp³-hybridized carbons (Fsp3) is 0.923. The van der Waals surface area contributed by atoms with Crippen LogP contribution in [0.25, 0.3) is 0 Å². The van der Waals surface area contributed by atoms with Gasteiger partial charge in [-0.2, -0.15) is 11.8 Å². The Morgan fingerprint density at radius 1 is 1.27 bits per heavy atom. The average molecular weight is 372 g/mol. The number of carbonyl (C=O) groups excluding carboxylic acids is 1. The molecular formula is C13H26ClN3O3S2. The fourth-order valence-electron chi connectivity index (χ4n) is 2.87. The van der Waals surface area contributed by atoms with Gasteiger partial charge in [0, 0.05) is 43.1 Å². The third-order valence-corrected chi connectivity index (χ3v) is 6.92. The molecule has 1 aliphatic carbocycles. The highest BCUT2D eigenvalue weighted by Gasteiger charge is 2.27. The highest BCUT2D eigenvalue weighted by atomic mass is 35.5. The van der Waals surface area contributed by atoms with Crippen LogP contribution in [0.2, 0.25) is 0 Å². The van der Waals surface area contributed by atoms with Crippen molar-refractivity contribution < 1.29 is 13.2 Å². The Morgan fingerprint density at radius 3 is 2.59 bits per heavy atom. The minimum atomic E-state index is -3.24. The molecule has 3 N–H and O–H groups in total. The third-order valence-electron chi connectivity index (χ3n) is 4.11. The van der Waals surface area contributed by atoms with Crippen molar-refractivity contribution in [1.82, 2.24) is 9.62 Å².